The molecule has 3 aromatic rings. The van der Waals surface area contributed by atoms with Crippen LogP contribution in [0, 0.1) is 0 Å². The Labute approximate surface area is 209 Å². The molecule has 1 aromatic carbocycles. The zero-order chi connectivity index (χ0) is 24.7. The van der Waals surface area contributed by atoms with Crippen molar-refractivity contribution in [3.8, 4) is 0 Å². The summed E-state index contributed by atoms with van der Waals surface area (Å²) in [5, 5.41) is 9.44. The number of rotatable bonds is 8. The second-order valence-electron chi connectivity index (χ2n) is 9.44. The third kappa shape index (κ3) is 6.05. The topological polar surface area (TPSA) is 126 Å². The molecule has 2 N–H and O–H groups in total. The molecule has 1 aliphatic heterocycles. The van der Waals surface area contributed by atoms with Crippen LogP contribution in [-0.2, 0) is 4.79 Å². The molecule has 0 unspecified atom stereocenters. The molecule has 0 radical (unpaired) electrons. The Morgan fingerprint density at radius 3 is 2.39 bits per heavy atom. The number of anilines is 4. The smallest absolute Gasteiger partial charge is 0.233 e. The first-order valence-electron chi connectivity index (χ1n) is 12.8. The normalized spacial score (nSPS) is 16.5. The van der Waals surface area contributed by atoms with E-state index < -0.39 is 5.91 Å². The lowest BCUT2D eigenvalue weighted by Gasteiger charge is -2.28. The van der Waals surface area contributed by atoms with Gasteiger partial charge in [0.15, 0.2) is 11.6 Å². The van der Waals surface area contributed by atoms with E-state index in [1.165, 1.54) is 38.0 Å². The zero-order valence-corrected chi connectivity index (χ0v) is 20.3. The van der Waals surface area contributed by atoms with Crippen molar-refractivity contribution in [3.05, 3.63) is 48.0 Å². The average molecular weight is 490 g/mol. The fourth-order valence-corrected chi connectivity index (χ4v) is 4.80. The summed E-state index contributed by atoms with van der Waals surface area (Å²) < 4.78 is 4.68. The summed E-state index contributed by atoms with van der Waals surface area (Å²) in [4.78, 5) is 41.3. The fraction of sp³-hybridized carbons (Fsp3) is 0.462. The van der Waals surface area contributed by atoms with Crippen LogP contribution in [0.1, 0.15) is 79.9 Å². The van der Waals surface area contributed by atoms with E-state index in [4.69, 9.17) is 15.0 Å². The number of hydrogen-bond donors (Lipinski definition) is 2. The third-order valence-electron chi connectivity index (χ3n) is 6.74. The summed E-state index contributed by atoms with van der Waals surface area (Å²) in [6, 6.07) is 8.51. The fourth-order valence-electron chi connectivity index (χ4n) is 4.80. The van der Waals surface area contributed by atoms with Crippen LogP contribution in [-0.4, -0.2) is 44.9 Å². The predicted octanol–water partition coefficient (Wildman–Crippen LogP) is 4.85. The number of hydrogen-bond acceptors (Lipinski definition) is 9. The number of carbonyl (C=O) groups is 2. The molecule has 188 valence electrons. The first-order valence-corrected chi connectivity index (χ1v) is 12.8. The SMILES string of the molecule is O=C(CC(=O)c1ccc(Nc2nc(C3CCCCC3)nc(N3CCCCC3)n2)cc1)Nc1ccon1. The number of amides is 1. The lowest BCUT2D eigenvalue weighted by atomic mass is 9.89. The maximum atomic E-state index is 12.5. The van der Waals surface area contributed by atoms with Gasteiger partial charge in [-0.05, 0) is 56.4 Å². The number of benzene rings is 1. The highest BCUT2D eigenvalue weighted by Crippen LogP contribution is 2.32. The van der Waals surface area contributed by atoms with Gasteiger partial charge >= 0.3 is 0 Å². The number of nitrogens with zero attached hydrogens (tertiary/aromatic N) is 5. The molecule has 2 aliphatic rings. The van der Waals surface area contributed by atoms with E-state index in [0.717, 1.165) is 56.2 Å². The van der Waals surface area contributed by atoms with Crippen molar-refractivity contribution in [3.63, 3.8) is 0 Å². The van der Waals surface area contributed by atoms with Gasteiger partial charge in [-0.25, -0.2) is 0 Å². The van der Waals surface area contributed by atoms with Gasteiger partial charge in [-0.15, -0.1) is 0 Å². The van der Waals surface area contributed by atoms with E-state index in [0.29, 0.717) is 17.4 Å². The van der Waals surface area contributed by atoms with E-state index in [1.54, 1.807) is 24.3 Å². The van der Waals surface area contributed by atoms with Crippen LogP contribution in [0.2, 0.25) is 0 Å². The van der Waals surface area contributed by atoms with Gasteiger partial charge in [0.2, 0.25) is 17.8 Å². The Kier molecular flexibility index (Phi) is 7.49. The highest BCUT2D eigenvalue weighted by atomic mass is 16.5. The summed E-state index contributed by atoms with van der Waals surface area (Å²) >= 11 is 0. The largest absolute Gasteiger partial charge is 0.363 e. The van der Waals surface area contributed by atoms with Crippen LogP contribution in [0.3, 0.4) is 0 Å². The molecule has 0 spiro atoms. The van der Waals surface area contributed by atoms with Crippen molar-refractivity contribution in [2.45, 2.75) is 63.7 Å². The summed E-state index contributed by atoms with van der Waals surface area (Å²) in [5.41, 5.74) is 1.22. The number of carbonyl (C=O) groups excluding carboxylic acids is 2. The predicted molar refractivity (Wildman–Crippen MR) is 136 cm³/mol. The Morgan fingerprint density at radius 1 is 0.917 bits per heavy atom. The molecule has 2 fully saturated rings. The van der Waals surface area contributed by atoms with Crippen LogP contribution in [0.4, 0.5) is 23.4 Å². The molecule has 2 aromatic heterocycles. The van der Waals surface area contributed by atoms with Crippen LogP contribution >= 0.6 is 0 Å². The number of nitrogens with one attached hydrogen (secondary N) is 2. The minimum atomic E-state index is -0.443. The highest BCUT2D eigenvalue weighted by Gasteiger charge is 2.23. The van der Waals surface area contributed by atoms with Crippen molar-refractivity contribution in [1.29, 1.82) is 0 Å². The Bertz CT molecular complexity index is 1130. The Hall–Kier alpha value is -3.82. The minimum Gasteiger partial charge on any atom is -0.363 e. The molecule has 1 saturated carbocycles. The number of Topliss-reactive ketones (excluding diaryl/α,β-unsaturated/α-hetero) is 1. The summed E-state index contributed by atoms with van der Waals surface area (Å²) in [7, 11) is 0. The lowest BCUT2D eigenvalue weighted by Crippen LogP contribution is -2.31. The van der Waals surface area contributed by atoms with Crippen molar-refractivity contribution in [2.75, 3.05) is 28.6 Å². The molecule has 5 rings (SSSR count). The molecule has 0 bridgehead atoms. The molecule has 1 amide bonds. The molecule has 1 saturated heterocycles. The Morgan fingerprint density at radius 2 is 1.67 bits per heavy atom. The Balaban J connectivity index is 1.28. The molecule has 10 nitrogen and oxygen atoms in total. The van der Waals surface area contributed by atoms with Gasteiger partial charge in [0, 0.05) is 36.3 Å². The maximum absolute atomic E-state index is 12.5. The van der Waals surface area contributed by atoms with Gasteiger partial charge in [-0.1, -0.05) is 24.4 Å². The standard InChI is InChI=1S/C26H31N7O3/c34-21(17-23(35)28-22-13-16-36-32-22)18-9-11-20(12-10-18)27-25-29-24(19-7-3-1-4-8-19)30-26(31-25)33-14-5-2-6-15-33/h9-13,16,19H,1-8,14-15,17H2,(H,28,32,35)(H,27,29,30,31). The number of aromatic nitrogens is 4. The summed E-state index contributed by atoms with van der Waals surface area (Å²) in [6.07, 6.45) is 10.6. The lowest BCUT2D eigenvalue weighted by molar-refractivity contribution is -0.115. The quantitative estimate of drug-likeness (QED) is 0.337. The van der Waals surface area contributed by atoms with Crippen LogP contribution < -0.4 is 15.5 Å². The molecule has 10 heteroatoms. The molecule has 0 atom stereocenters. The average Bonchev–Trinajstić information content (AvgIpc) is 3.43. The number of ketones is 1. The maximum Gasteiger partial charge on any atom is 0.233 e. The monoisotopic (exact) mass is 489 g/mol. The van der Waals surface area contributed by atoms with E-state index in [-0.39, 0.29) is 18.0 Å². The van der Waals surface area contributed by atoms with Gasteiger partial charge in [0.25, 0.3) is 0 Å². The van der Waals surface area contributed by atoms with Gasteiger partial charge in [-0.3, -0.25) is 9.59 Å². The van der Waals surface area contributed by atoms with Crippen LogP contribution in [0.25, 0.3) is 0 Å². The van der Waals surface area contributed by atoms with E-state index >= 15 is 0 Å². The van der Waals surface area contributed by atoms with E-state index in [9.17, 15) is 9.59 Å². The van der Waals surface area contributed by atoms with Gasteiger partial charge in [0.05, 0.1) is 6.42 Å². The van der Waals surface area contributed by atoms with E-state index in [1.807, 2.05) is 0 Å². The third-order valence-corrected chi connectivity index (χ3v) is 6.74. The highest BCUT2D eigenvalue weighted by molar-refractivity contribution is 6.10. The molecular formula is C26H31N7O3. The first kappa shape index (κ1) is 23.9. The molecule has 36 heavy (non-hydrogen) atoms. The molecular weight excluding hydrogens is 458 g/mol. The second kappa shape index (κ2) is 11.3. The van der Waals surface area contributed by atoms with Crippen LogP contribution in [0.15, 0.2) is 41.1 Å². The minimum absolute atomic E-state index is 0.279. The first-order chi connectivity index (χ1) is 17.6. The van der Waals surface area contributed by atoms with Gasteiger partial charge in [-0.2, -0.15) is 15.0 Å². The van der Waals surface area contributed by atoms with Crippen molar-refractivity contribution in [2.24, 2.45) is 0 Å². The van der Waals surface area contributed by atoms with Gasteiger partial charge < -0.3 is 20.1 Å². The van der Waals surface area contributed by atoms with Crippen molar-refractivity contribution in [1.82, 2.24) is 20.1 Å². The van der Waals surface area contributed by atoms with Crippen molar-refractivity contribution >= 4 is 35.1 Å². The van der Waals surface area contributed by atoms with Crippen LogP contribution in [0.5, 0.6) is 0 Å². The summed E-state index contributed by atoms with van der Waals surface area (Å²) in [5.74, 6) is 2.07. The molecule has 3 heterocycles. The van der Waals surface area contributed by atoms with E-state index in [2.05, 4.69) is 25.2 Å². The second-order valence-corrected chi connectivity index (χ2v) is 9.44. The summed E-state index contributed by atoms with van der Waals surface area (Å²) in [6.45, 7) is 1.93. The van der Waals surface area contributed by atoms with Crippen molar-refractivity contribution < 1.29 is 14.1 Å². The number of piperidine rings is 1. The molecule has 1 aliphatic carbocycles. The van der Waals surface area contributed by atoms with Gasteiger partial charge in [0.1, 0.15) is 12.1 Å². The zero-order valence-electron chi connectivity index (χ0n) is 20.3.